The van der Waals surface area contributed by atoms with Crippen LogP contribution in [0.4, 0.5) is 0 Å². The van der Waals surface area contributed by atoms with Crippen molar-refractivity contribution in [2.45, 2.75) is 13.8 Å². The Morgan fingerprint density at radius 1 is 0.966 bits per heavy atom. The summed E-state index contributed by atoms with van der Waals surface area (Å²) in [5.41, 5.74) is 3.58. The van der Waals surface area contributed by atoms with Crippen LogP contribution in [-0.4, -0.2) is 37.6 Å². The van der Waals surface area contributed by atoms with Crippen LogP contribution in [-0.2, 0) is 4.74 Å². The Balaban J connectivity index is 1.68. The summed E-state index contributed by atoms with van der Waals surface area (Å²) in [6, 6.07) is 10.8. The number of rotatable bonds is 7. The van der Waals surface area contributed by atoms with Gasteiger partial charge in [-0.1, -0.05) is 12.1 Å². The minimum Gasteiger partial charge on any atom is -0.493 e. The van der Waals surface area contributed by atoms with Crippen molar-refractivity contribution in [2.75, 3.05) is 20.8 Å². The standard InChI is InChI=1S/C22H21NO5S/c1-13-5-6-15(9-14(13)2)18(24)11-28-22(25)17-12-29-21(23-17)16-7-8-19(26-3)20(10-16)27-4/h5-10,12H,11H2,1-4H3. The number of Topliss-reactive ketones (excluding diaryl/α,β-unsaturated/α-hetero) is 1. The van der Waals surface area contributed by atoms with Crippen molar-refractivity contribution < 1.29 is 23.8 Å². The number of ether oxygens (including phenoxy) is 3. The van der Waals surface area contributed by atoms with Crippen LogP contribution >= 0.6 is 11.3 Å². The molecule has 29 heavy (non-hydrogen) atoms. The molecule has 0 saturated carbocycles. The van der Waals surface area contributed by atoms with Gasteiger partial charge in [-0.3, -0.25) is 4.79 Å². The van der Waals surface area contributed by atoms with Crippen LogP contribution in [0.3, 0.4) is 0 Å². The Hall–Kier alpha value is -3.19. The molecular formula is C22H21NO5S. The molecule has 1 heterocycles. The summed E-state index contributed by atoms with van der Waals surface area (Å²) in [5, 5.41) is 2.24. The molecule has 0 unspecified atom stereocenters. The predicted molar refractivity (Wildman–Crippen MR) is 111 cm³/mol. The summed E-state index contributed by atoms with van der Waals surface area (Å²) < 4.78 is 15.7. The molecule has 0 N–H and O–H groups in total. The lowest BCUT2D eigenvalue weighted by atomic mass is 10.0. The smallest absolute Gasteiger partial charge is 0.358 e. The first-order valence-electron chi connectivity index (χ1n) is 8.88. The fraction of sp³-hybridized carbons (Fsp3) is 0.227. The lowest BCUT2D eigenvalue weighted by molar-refractivity contribution is 0.0470. The van der Waals surface area contributed by atoms with Crippen molar-refractivity contribution in [3.05, 3.63) is 64.2 Å². The molecule has 0 amide bonds. The van der Waals surface area contributed by atoms with Gasteiger partial charge in [-0.15, -0.1) is 11.3 Å². The molecular weight excluding hydrogens is 390 g/mol. The van der Waals surface area contributed by atoms with Gasteiger partial charge >= 0.3 is 5.97 Å². The molecule has 0 saturated heterocycles. The van der Waals surface area contributed by atoms with Crippen LogP contribution in [0.2, 0.25) is 0 Å². The van der Waals surface area contributed by atoms with Crippen LogP contribution in [0.25, 0.3) is 10.6 Å². The molecule has 3 rings (SSSR count). The highest BCUT2D eigenvalue weighted by Crippen LogP contribution is 2.33. The highest BCUT2D eigenvalue weighted by atomic mass is 32.1. The van der Waals surface area contributed by atoms with E-state index in [4.69, 9.17) is 14.2 Å². The number of thiazole rings is 1. The van der Waals surface area contributed by atoms with E-state index in [1.807, 2.05) is 26.0 Å². The van der Waals surface area contributed by atoms with Crippen LogP contribution in [0.5, 0.6) is 11.5 Å². The number of carbonyl (C=O) groups is 2. The second-order valence-electron chi connectivity index (χ2n) is 6.41. The van der Waals surface area contributed by atoms with E-state index in [0.29, 0.717) is 22.1 Å². The van der Waals surface area contributed by atoms with Gasteiger partial charge < -0.3 is 14.2 Å². The highest BCUT2D eigenvalue weighted by Gasteiger charge is 2.17. The number of aromatic nitrogens is 1. The fourth-order valence-corrected chi connectivity index (χ4v) is 3.46. The monoisotopic (exact) mass is 411 g/mol. The number of esters is 1. The van der Waals surface area contributed by atoms with Gasteiger partial charge in [0.1, 0.15) is 5.01 Å². The van der Waals surface area contributed by atoms with Crippen molar-refractivity contribution in [3.8, 4) is 22.1 Å². The van der Waals surface area contributed by atoms with E-state index in [-0.39, 0.29) is 18.1 Å². The first-order valence-corrected chi connectivity index (χ1v) is 9.76. The molecule has 0 radical (unpaired) electrons. The zero-order valence-electron chi connectivity index (χ0n) is 16.6. The largest absolute Gasteiger partial charge is 0.493 e. The number of hydrogen-bond donors (Lipinski definition) is 0. The van der Waals surface area contributed by atoms with E-state index in [2.05, 4.69) is 4.98 Å². The number of nitrogens with zero attached hydrogens (tertiary/aromatic N) is 1. The fourth-order valence-electron chi connectivity index (χ4n) is 2.67. The maximum atomic E-state index is 12.3. The Labute approximate surface area is 173 Å². The third kappa shape index (κ3) is 4.63. The molecule has 0 fully saturated rings. The van der Waals surface area contributed by atoms with Crippen molar-refractivity contribution in [2.24, 2.45) is 0 Å². The maximum absolute atomic E-state index is 12.3. The summed E-state index contributed by atoms with van der Waals surface area (Å²) in [6.07, 6.45) is 0. The van der Waals surface area contributed by atoms with Crippen molar-refractivity contribution in [1.82, 2.24) is 4.98 Å². The second-order valence-corrected chi connectivity index (χ2v) is 7.26. The number of carbonyl (C=O) groups excluding carboxylic acids is 2. The van der Waals surface area contributed by atoms with Crippen LogP contribution in [0.1, 0.15) is 32.0 Å². The molecule has 0 spiro atoms. The highest BCUT2D eigenvalue weighted by molar-refractivity contribution is 7.13. The van der Waals surface area contributed by atoms with E-state index in [9.17, 15) is 9.59 Å². The number of aryl methyl sites for hydroxylation is 2. The SMILES string of the molecule is COc1ccc(-c2nc(C(=O)OCC(=O)c3ccc(C)c(C)c3)cs2)cc1OC. The molecule has 6 nitrogen and oxygen atoms in total. The van der Waals surface area contributed by atoms with E-state index in [0.717, 1.165) is 16.7 Å². The summed E-state index contributed by atoms with van der Waals surface area (Å²) in [6.45, 7) is 3.58. The van der Waals surface area contributed by atoms with Gasteiger partial charge in [-0.05, 0) is 49.2 Å². The van der Waals surface area contributed by atoms with Gasteiger partial charge in [-0.25, -0.2) is 9.78 Å². The number of benzene rings is 2. The van der Waals surface area contributed by atoms with E-state index < -0.39 is 5.97 Å². The minimum atomic E-state index is -0.634. The van der Waals surface area contributed by atoms with Crippen LogP contribution in [0, 0.1) is 13.8 Å². The number of ketones is 1. The van der Waals surface area contributed by atoms with Crippen molar-refractivity contribution in [3.63, 3.8) is 0 Å². The maximum Gasteiger partial charge on any atom is 0.358 e. The third-order valence-corrected chi connectivity index (χ3v) is 5.40. The quantitative estimate of drug-likeness (QED) is 0.421. The number of hydrogen-bond acceptors (Lipinski definition) is 7. The molecule has 0 aliphatic heterocycles. The minimum absolute atomic E-state index is 0.160. The van der Waals surface area contributed by atoms with Gasteiger partial charge in [-0.2, -0.15) is 0 Å². The Kier molecular flexibility index (Phi) is 6.29. The second kappa shape index (κ2) is 8.87. The third-order valence-electron chi connectivity index (χ3n) is 4.51. The predicted octanol–water partition coefficient (Wildman–Crippen LogP) is 4.48. The average molecular weight is 411 g/mol. The van der Waals surface area contributed by atoms with E-state index in [1.165, 1.54) is 11.3 Å². The van der Waals surface area contributed by atoms with E-state index >= 15 is 0 Å². The lowest BCUT2D eigenvalue weighted by Crippen LogP contribution is -2.14. The van der Waals surface area contributed by atoms with Crippen molar-refractivity contribution >= 4 is 23.1 Å². The van der Waals surface area contributed by atoms with Gasteiger partial charge in [0.25, 0.3) is 0 Å². The lowest BCUT2D eigenvalue weighted by Gasteiger charge is -2.08. The van der Waals surface area contributed by atoms with Crippen LogP contribution < -0.4 is 9.47 Å². The summed E-state index contributed by atoms with van der Waals surface area (Å²) in [5.74, 6) is 0.294. The normalized spacial score (nSPS) is 10.5. The molecule has 1 aromatic heterocycles. The summed E-state index contributed by atoms with van der Waals surface area (Å²) in [7, 11) is 3.12. The number of methoxy groups -OCH3 is 2. The molecule has 150 valence electrons. The zero-order chi connectivity index (χ0) is 21.0. The Morgan fingerprint density at radius 2 is 1.72 bits per heavy atom. The molecule has 0 aliphatic rings. The van der Waals surface area contributed by atoms with Gasteiger partial charge in [0.2, 0.25) is 0 Å². The Morgan fingerprint density at radius 3 is 2.41 bits per heavy atom. The van der Waals surface area contributed by atoms with Crippen LogP contribution in [0.15, 0.2) is 41.8 Å². The Bertz CT molecular complexity index is 1060. The summed E-state index contributed by atoms with van der Waals surface area (Å²) >= 11 is 1.30. The van der Waals surface area contributed by atoms with Gasteiger partial charge in [0, 0.05) is 16.5 Å². The first kappa shape index (κ1) is 20.5. The zero-order valence-corrected chi connectivity index (χ0v) is 17.5. The van der Waals surface area contributed by atoms with E-state index in [1.54, 1.807) is 43.9 Å². The molecule has 0 atom stereocenters. The molecule has 7 heteroatoms. The molecule has 2 aromatic carbocycles. The summed E-state index contributed by atoms with van der Waals surface area (Å²) in [4.78, 5) is 28.9. The average Bonchev–Trinajstić information content (AvgIpc) is 3.23. The molecule has 3 aromatic rings. The first-order chi connectivity index (χ1) is 13.9. The molecule has 0 bridgehead atoms. The topological polar surface area (TPSA) is 74.7 Å². The van der Waals surface area contributed by atoms with Crippen molar-refractivity contribution in [1.29, 1.82) is 0 Å². The van der Waals surface area contributed by atoms with Gasteiger partial charge in [0.05, 0.1) is 14.2 Å². The van der Waals surface area contributed by atoms with Gasteiger partial charge in [0.15, 0.2) is 29.6 Å². The molecule has 0 aliphatic carbocycles.